The van der Waals surface area contributed by atoms with Crippen molar-refractivity contribution >= 4 is 17.5 Å². The zero-order valence-electron chi connectivity index (χ0n) is 9.03. The van der Waals surface area contributed by atoms with E-state index in [0.29, 0.717) is 5.52 Å². The van der Waals surface area contributed by atoms with E-state index in [1.54, 1.807) is 0 Å². The predicted octanol–water partition coefficient (Wildman–Crippen LogP) is -0.0335. The van der Waals surface area contributed by atoms with E-state index in [1.165, 1.54) is 12.1 Å². The van der Waals surface area contributed by atoms with Gasteiger partial charge in [0.15, 0.2) is 11.5 Å². The Morgan fingerprint density at radius 1 is 1.22 bits per heavy atom. The minimum Gasteiger partial charge on any atom is -0.504 e. The van der Waals surface area contributed by atoms with E-state index >= 15 is 0 Å². The van der Waals surface area contributed by atoms with Crippen LogP contribution in [0.15, 0.2) is 12.1 Å². The fourth-order valence-electron chi connectivity index (χ4n) is 1.41. The quantitative estimate of drug-likeness (QED) is 0.392. The average Bonchev–Trinajstić information content (AvgIpc) is 2.33. The van der Waals surface area contributed by atoms with E-state index in [9.17, 15) is 15.0 Å². The summed E-state index contributed by atoms with van der Waals surface area (Å²) in [5, 5.41) is 18.7. The molecular formula is C10H9N3O5. The van der Waals surface area contributed by atoms with Crippen molar-refractivity contribution in [3.8, 4) is 17.4 Å². The van der Waals surface area contributed by atoms with Gasteiger partial charge in [-0.05, 0) is 0 Å². The maximum absolute atomic E-state index is 10.3. The summed E-state index contributed by atoms with van der Waals surface area (Å²) in [5.41, 5.74) is 0.751. The van der Waals surface area contributed by atoms with Gasteiger partial charge in [-0.25, -0.2) is 15.9 Å². The van der Waals surface area contributed by atoms with Crippen molar-refractivity contribution in [3.63, 3.8) is 0 Å². The standard InChI is InChI=1S/C10H9N3O5/c11-18-3-7-10(17-4-14)13-6-2-9(16)8(15)1-5(6)12-7/h1-2,4,15-16H,3,11H2. The van der Waals surface area contributed by atoms with Crippen LogP contribution >= 0.6 is 0 Å². The second-order valence-corrected chi connectivity index (χ2v) is 3.33. The lowest BCUT2D eigenvalue weighted by Gasteiger charge is -2.07. The zero-order chi connectivity index (χ0) is 13.1. The molecule has 0 unspecified atom stereocenters. The maximum Gasteiger partial charge on any atom is 0.299 e. The van der Waals surface area contributed by atoms with Crippen molar-refractivity contribution in [2.24, 2.45) is 5.90 Å². The Labute approximate surface area is 101 Å². The summed E-state index contributed by atoms with van der Waals surface area (Å²) in [7, 11) is 0. The number of benzene rings is 1. The molecule has 0 radical (unpaired) electrons. The number of aromatic nitrogens is 2. The predicted molar refractivity (Wildman–Crippen MR) is 58.5 cm³/mol. The summed E-state index contributed by atoms with van der Waals surface area (Å²) in [6.07, 6.45) is 0. The van der Waals surface area contributed by atoms with Gasteiger partial charge in [-0.1, -0.05) is 0 Å². The summed E-state index contributed by atoms with van der Waals surface area (Å²) in [5.74, 6) is 4.16. The summed E-state index contributed by atoms with van der Waals surface area (Å²) >= 11 is 0. The Morgan fingerprint density at radius 2 is 1.83 bits per heavy atom. The molecule has 8 nitrogen and oxygen atoms in total. The van der Waals surface area contributed by atoms with Crippen LogP contribution in [0.3, 0.4) is 0 Å². The van der Waals surface area contributed by atoms with Crippen LogP contribution in [0.5, 0.6) is 17.4 Å². The molecule has 1 aromatic heterocycles. The number of fused-ring (bicyclic) bond motifs is 1. The average molecular weight is 251 g/mol. The first-order valence-electron chi connectivity index (χ1n) is 4.80. The normalized spacial score (nSPS) is 10.5. The summed E-state index contributed by atoms with van der Waals surface area (Å²) < 4.78 is 4.63. The second kappa shape index (κ2) is 4.82. The van der Waals surface area contributed by atoms with Gasteiger partial charge in [0.2, 0.25) is 5.88 Å². The van der Waals surface area contributed by atoms with Crippen molar-refractivity contribution < 1.29 is 24.6 Å². The number of hydrogen-bond donors (Lipinski definition) is 3. The Balaban J connectivity index is 2.63. The van der Waals surface area contributed by atoms with Crippen LogP contribution in [0.25, 0.3) is 11.0 Å². The monoisotopic (exact) mass is 251 g/mol. The van der Waals surface area contributed by atoms with Gasteiger partial charge in [-0.15, -0.1) is 0 Å². The van der Waals surface area contributed by atoms with E-state index < -0.39 is 0 Å². The van der Waals surface area contributed by atoms with E-state index in [-0.39, 0.29) is 41.7 Å². The Bertz CT molecular complexity index is 602. The maximum atomic E-state index is 10.3. The molecule has 0 saturated heterocycles. The van der Waals surface area contributed by atoms with Gasteiger partial charge in [-0.3, -0.25) is 9.63 Å². The highest BCUT2D eigenvalue weighted by molar-refractivity contribution is 5.79. The fourth-order valence-corrected chi connectivity index (χ4v) is 1.41. The topological polar surface area (TPSA) is 128 Å². The van der Waals surface area contributed by atoms with Gasteiger partial charge < -0.3 is 14.9 Å². The van der Waals surface area contributed by atoms with E-state index in [2.05, 4.69) is 19.5 Å². The number of phenolic OH excluding ortho intramolecular Hbond substituents is 2. The summed E-state index contributed by atoms with van der Waals surface area (Å²) in [4.78, 5) is 22.8. The number of nitrogens with zero attached hydrogens (tertiary/aromatic N) is 2. The number of carbonyl (C=O) groups excluding carboxylic acids is 1. The third-order valence-corrected chi connectivity index (χ3v) is 2.18. The molecule has 4 N–H and O–H groups in total. The number of aromatic hydroxyl groups is 2. The third kappa shape index (κ3) is 2.14. The minimum absolute atomic E-state index is 0.0759. The van der Waals surface area contributed by atoms with Crippen LogP contribution in [0, 0.1) is 0 Å². The van der Waals surface area contributed by atoms with Gasteiger partial charge in [0, 0.05) is 12.1 Å². The molecule has 0 atom stereocenters. The lowest BCUT2D eigenvalue weighted by molar-refractivity contribution is -0.121. The van der Waals surface area contributed by atoms with Crippen LogP contribution < -0.4 is 10.6 Å². The number of rotatable bonds is 4. The van der Waals surface area contributed by atoms with E-state index in [0.717, 1.165) is 0 Å². The summed E-state index contributed by atoms with van der Waals surface area (Å²) in [6.45, 7) is 0.0733. The summed E-state index contributed by atoms with van der Waals surface area (Å²) in [6, 6.07) is 2.42. The molecule has 2 aromatic rings. The molecule has 0 aliphatic rings. The molecule has 1 heterocycles. The van der Waals surface area contributed by atoms with Crippen LogP contribution in [0.4, 0.5) is 0 Å². The molecule has 8 heteroatoms. The van der Waals surface area contributed by atoms with Gasteiger partial charge in [0.05, 0.1) is 11.0 Å². The number of ether oxygens (including phenoxy) is 1. The number of phenols is 2. The minimum atomic E-state index is -0.350. The van der Waals surface area contributed by atoms with Gasteiger partial charge >= 0.3 is 0 Å². The Hall–Kier alpha value is -2.45. The molecule has 2 rings (SSSR count). The molecule has 0 saturated carbocycles. The van der Waals surface area contributed by atoms with Crippen molar-refractivity contribution in [3.05, 3.63) is 17.8 Å². The first kappa shape index (κ1) is 12.0. The van der Waals surface area contributed by atoms with E-state index in [4.69, 9.17) is 5.90 Å². The van der Waals surface area contributed by atoms with Gasteiger partial charge in [-0.2, -0.15) is 0 Å². The van der Waals surface area contributed by atoms with Gasteiger partial charge in [0.25, 0.3) is 6.47 Å². The highest BCUT2D eigenvalue weighted by atomic mass is 16.6. The van der Waals surface area contributed by atoms with Crippen molar-refractivity contribution in [1.82, 2.24) is 9.97 Å². The molecule has 0 bridgehead atoms. The Morgan fingerprint density at radius 3 is 2.39 bits per heavy atom. The molecule has 0 spiro atoms. The highest BCUT2D eigenvalue weighted by Gasteiger charge is 2.12. The van der Waals surface area contributed by atoms with Crippen LogP contribution in [-0.2, 0) is 16.2 Å². The Kier molecular flexibility index (Phi) is 3.22. The van der Waals surface area contributed by atoms with Crippen LogP contribution in [0.2, 0.25) is 0 Å². The van der Waals surface area contributed by atoms with Crippen LogP contribution in [-0.4, -0.2) is 26.7 Å². The lowest BCUT2D eigenvalue weighted by Crippen LogP contribution is -2.06. The zero-order valence-corrected chi connectivity index (χ0v) is 9.03. The second-order valence-electron chi connectivity index (χ2n) is 3.33. The molecule has 0 aliphatic carbocycles. The SMILES string of the molecule is NOCc1nc2cc(O)c(O)cc2nc1OC=O. The molecule has 18 heavy (non-hydrogen) atoms. The molecule has 0 fully saturated rings. The molecule has 94 valence electrons. The number of hydrogen-bond acceptors (Lipinski definition) is 8. The van der Waals surface area contributed by atoms with Crippen molar-refractivity contribution in [1.29, 1.82) is 0 Å². The highest BCUT2D eigenvalue weighted by Crippen LogP contribution is 2.30. The smallest absolute Gasteiger partial charge is 0.299 e. The number of carbonyl (C=O) groups is 1. The van der Waals surface area contributed by atoms with Crippen molar-refractivity contribution in [2.75, 3.05) is 0 Å². The first-order valence-corrected chi connectivity index (χ1v) is 4.80. The van der Waals surface area contributed by atoms with E-state index in [1.807, 2.05) is 0 Å². The fraction of sp³-hybridized carbons (Fsp3) is 0.100. The molecular weight excluding hydrogens is 242 g/mol. The lowest BCUT2D eigenvalue weighted by atomic mass is 10.2. The van der Waals surface area contributed by atoms with Gasteiger partial charge in [0.1, 0.15) is 12.3 Å². The van der Waals surface area contributed by atoms with Crippen LogP contribution in [0.1, 0.15) is 5.69 Å². The molecule has 0 amide bonds. The van der Waals surface area contributed by atoms with Crippen molar-refractivity contribution in [2.45, 2.75) is 6.61 Å². The molecule has 1 aromatic carbocycles. The first-order chi connectivity index (χ1) is 8.65. The largest absolute Gasteiger partial charge is 0.504 e. The number of nitrogens with two attached hydrogens (primary N) is 1. The molecule has 0 aliphatic heterocycles. The third-order valence-electron chi connectivity index (χ3n) is 2.18.